The third-order valence-corrected chi connectivity index (χ3v) is 5.06. The molecule has 3 rings (SSSR count). The number of hydrogen-bond acceptors (Lipinski definition) is 8. The fourth-order valence-electron chi connectivity index (χ4n) is 2.75. The maximum atomic E-state index is 12.3. The highest BCUT2D eigenvalue weighted by atomic mass is 32.1. The van der Waals surface area contributed by atoms with Gasteiger partial charge < -0.3 is 25.6 Å². The van der Waals surface area contributed by atoms with Gasteiger partial charge in [-0.15, -0.1) is 11.3 Å². The van der Waals surface area contributed by atoms with E-state index in [1.807, 2.05) is 0 Å². The molecule has 5 N–H and O–H groups in total. The molecule has 0 spiro atoms. The predicted molar refractivity (Wildman–Crippen MR) is 101 cm³/mol. The second kappa shape index (κ2) is 8.22. The Bertz CT molecular complexity index is 1090. The number of fused-ring (bicyclic) bond motifs is 1. The molecular weight excluding hydrogens is 402 g/mol. The number of H-pyrrole nitrogens is 1. The van der Waals surface area contributed by atoms with Crippen molar-refractivity contribution < 1.29 is 29.7 Å². The van der Waals surface area contributed by atoms with Crippen molar-refractivity contribution >= 4 is 40.2 Å². The average molecular weight is 419 g/mol. The van der Waals surface area contributed by atoms with Gasteiger partial charge in [0.15, 0.2) is 5.01 Å². The van der Waals surface area contributed by atoms with Gasteiger partial charge in [-0.25, -0.2) is 14.8 Å². The summed E-state index contributed by atoms with van der Waals surface area (Å²) in [5.41, 5.74) is 1.22. The van der Waals surface area contributed by atoms with E-state index in [1.165, 1.54) is 6.20 Å². The van der Waals surface area contributed by atoms with E-state index in [0.29, 0.717) is 28.2 Å². The Hall–Kier alpha value is -3.54. The van der Waals surface area contributed by atoms with E-state index in [1.54, 1.807) is 13.1 Å². The quantitative estimate of drug-likeness (QED) is 0.357. The van der Waals surface area contributed by atoms with Crippen molar-refractivity contribution in [1.82, 2.24) is 25.3 Å². The van der Waals surface area contributed by atoms with Crippen molar-refractivity contribution in [2.75, 3.05) is 0 Å². The van der Waals surface area contributed by atoms with Gasteiger partial charge in [0.2, 0.25) is 5.88 Å². The number of aromatic hydroxyl groups is 1. The number of nitrogens with zero attached hydrogens (tertiary/aromatic N) is 3. The molecule has 0 aromatic carbocycles. The van der Waals surface area contributed by atoms with Crippen LogP contribution in [-0.4, -0.2) is 59.1 Å². The lowest BCUT2D eigenvalue weighted by Gasteiger charge is -2.12. The Labute approximate surface area is 167 Å². The molecule has 0 aliphatic carbocycles. The minimum Gasteiger partial charge on any atom is -0.493 e. The van der Waals surface area contributed by atoms with Crippen LogP contribution in [0.5, 0.6) is 5.88 Å². The van der Waals surface area contributed by atoms with E-state index in [-0.39, 0.29) is 23.7 Å². The number of carboxylic acids is 2. The third kappa shape index (κ3) is 4.66. The first-order valence-electron chi connectivity index (χ1n) is 8.48. The van der Waals surface area contributed by atoms with Crippen LogP contribution in [0.25, 0.3) is 11.0 Å². The number of aromatic amines is 1. The first kappa shape index (κ1) is 20.2. The molecule has 0 fully saturated rings. The SMILES string of the molecule is Cc1nc(O)c2c(Cc3cnc(C(=O)N[C@@H](CCC(=O)O)C(=O)O)s3)c[nH]c2n1. The van der Waals surface area contributed by atoms with Gasteiger partial charge >= 0.3 is 11.9 Å². The van der Waals surface area contributed by atoms with Crippen LogP contribution in [-0.2, 0) is 16.0 Å². The molecule has 11 nitrogen and oxygen atoms in total. The average Bonchev–Trinajstić information content (AvgIpc) is 3.25. The normalized spacial score (nSPS) is 12.0. The van der Waals surface area contributed by atoms with E-state index in [2.05, 4.69) is 25.3 Å². The lowest BCUT2D eigenvalue weighted by atomic mass is 10.1. The predicted octanol–water partition coefficient (Wildman–Crippen LogP) is 1.07. The second-order valence-corrected chi connectivity index (χ2v) is 7.35. The van der Waals surface area contributed by atoms with Crippen LogP contribution in [0.15, 0.2) is 12.4 Å². The number of aromatic nitrogens is 4. The minimum atomic E-state index is -1.32. The molecule has 1 atom stereocenters. The number of aryl methyl sites for hydroxylation is 1. The molecule has 3 heterocycles. The van der Waals surface area contributed by atoms with Gasteiger partial charge in [0.25, 0.3) is 5.91 Å². The number of aliphatic carboxylic acids is 2. The number of carboxylic acid groups (broad SMARTS) is 2. The summed E-state index contributed by atoms with van der Waals surface area (Å²) in [6, 6.07) is -1.32. The molecule has 29 heavy (non-hydrogen) atoms. The standard InChI is InChI=1S/C17H17N5O6S/c1-7-20-13-12(14(25)21-7)8(5-18-13)4-9-6-19-16(29-9)15(26)22-10(17(27)28)2-3-11(23)24/h5-6,10H,2-4H2,1H3,(H,22,26)(H,23,24)(H,27,28)(H2,18,20,21,25)/t10-/m0/s1. The van der Waals surface area contributed by atoms with Crippen LogP contribution in [0.2, 0.25) is 0 Å². The zero-order valence-corrected chi connectivity index (χ0v) is 16.0. The summed E-state index contributed by atoms with van der Waals surface area (Å²) < 4.78 is 0. The number of carbonyl (C=O) groups excluding carboxylic acids is 1. The highest BCUT2D eigenvalue weighted by Crippen LogP contribution is 2.28. The lowest BCUT2D eigenvalue weighted by Crippen LogP contribution is -2.41. The van der Waals surface area contributed by atoms with Gasteiger partial charge in [-0.05, 0) is 18.9 Å². The van der Waals surface area contributed by atoms with Crippen LogP contribution in [0.1, 0.15) is 38.9 Å². The molecule has 0 aliphatic heterocycles. The van der Waals surface area contributed by atoms with E-state index < -0.39 is 23.9 Å². The second-order valence-electron chi connectivity index (χ2n) is 6.24. The van der Waals surface area contributed by atoms with Crippen LogP contribution >= 0.6 is 11.3 Å². The summed E-state index contributed by atoms with van der Waals surface area (Å²) in [5, 5.41) is 30.7. The molecule has 0 saturated heterocycles. The highest BCUT2D eigenvalue weighted by Gasteiger charge is 2.23. The third-order valence-electron chi connectivity index (χ3n) is 4.07. The summed E-state index contributed by atoms with van der Waals surface area (Å²) in [4.78, 5) is 50.0. The van der Waals surface area contributed by atoms with Crippen molar-refractivity contribution in [1.29, 1.82) is 0 Å². The van der Waals surface area contributed by atoms with Gasteiger partial charge in [0, 0.05) is 30.1 Å². The van der Waals surface area contributed by atoms with Crippen molar-refractivity contribution in [3.05, 3.63) is 33.7 Å². The monoisotopic (exact) mass is 419 g/mol. The largest absolute Gasteiger partial charge is 0.493 e. The fourth-order valence-corrected chi connectivity index (χ4v) is 3.59. The molecule has 3 aromatic rings. The van der Waals surface area contributed by atoms with Gasteiger partial charge in [-0.1, -0.05) is 0 Å². The summed E-state index contributed by atoms with van der Waals surface area (Å²) in [6.07, 6.45) is 2.91. The molecule has 0 unspecified atom stereocenters. The number of amides is 1. The summed E-state index contributed by atoms with van der Waals surface area (Å²) in [5.74, 6) is -2.88. The zero-order valence-electron chi connectivity index (χ0n) is 15.2. The van der Waals surface area contributed by atoms with Gasteiger partial charge in [0.05, 0.1) is 5.39 Å². The Kier molecular flexibility index (Phi) is 5.73. The van der Waals surface area contributed by atoms with Crippen molar-refractivity contribution in [2.45, 2.75) is 32.2 Å². The van der Waals surface area contributed by atoms with E-state index >= 15 is 0 Å². The number of rotatable bonds is 8. The first-order chi connectivity index (χ1) is 13.7. The van der Waals surface area contributed by atoms with Crippen LogP contribution in [0.3, 0.4) is 0 Å². The molecule has 0 radical (unpaired) electrons. The van der Waals surface area contributed by atoms with Gasteiger partial charge in [-0.2, -0.15) is 4.98 Å². The smallest absolute Gasteiger partial charge is 0.326 e. The summed E-state index contributed by atoms with van der Waals surface area (Å²) in [7, 11) is 0. The van der Waals surface area contributed by atoms with Crippen molar-refractivity contribution in [3.63, 3.8) is 0 Å². The molecule has 0 bridgehead atoms. The topological polar surface area (TPSA) is 178 Å². The molecule has 12 heteroatoms. The maximum absolute atomic E-state index is 12.3. The van der Waals surface area contributed by atoms with Crippen LogP contribution < -0.4 is 5.32 Å². The van der Waals surface area contributed by atoms with Crippen LogP contribution in [0.4, 0.5) is 0 Å². The molecule has 0 aliphatic rings. The first-order valence-corrected chi connectivity index (χ1v) is 9.30. The van der Waals surface area contributed by atoms with Crippen LogP contribution in [0, 0.1) is 6.92 Å². The minimum absolute atomic E-state index is 0.0535. The van der Waals surface area contributed by atoms with Crippen molar-refractivity contribution in [3.8, 4) is 5.88 Å². The van der Waals surface area contributed by atoms with E-state index in [4.69, 9.17) is 10.2 Å². The molecule has 1 amide bonds. The van der Waals surface area contributed by atoms with Gasteiger partial charge in [-0.3, -0.25) is 9.59 Å². The van der Waals surface area contributed by atoms with Gasteiger partial charge in [0.1, 0.15) is 17.5 Å². The molecule has 0 saturated carbocycles. The fraction of sp³-hybridized carbons (Fsp3) is 0.294. The maximum Gasteiger partial charge on any atom is 0.326 e. The Morgan fingerprint density at radius 3 is 2.72 bits per heavy atom. The molecule has 3 aromatic heterocycles. The van der Waals surface area contributed by atoms with E-state index in [0.717, 1.165) is 16.9 Å². The number of carbonyl (C=O) groups is 3. The number of thiazole rings is 1. The Morgan fingerprint density at radius 1 is 1.28 bits per heavy atom. The van der Waals surface area contributed by atoms with Crippen molar-refractivity contribution in [2.24, 2.45) is 0 Å². The Balaban J connectivity index is 1.73. The van der Waals surface area contributed by atoms with E-state index in [9.17, 15) is 19.5 Å². The molecule has 152 valence electrons. The Morgan fingerprint density at radius 2 is 2.03 bits per heavy atom. The highest BCUT2D eigenvalue weighted by molar-refractivity contribution is 7.13. The summed E-state index contributed by atoms with van der Waals surface area (Å²) in [6.45, 7) is 1.66. The molecular formula is C17H17N5O6S. The zero-order chi connectivity index (χ0) is 21.1. The summed E-state index contributed by atoms with van der Waals surface area (Å²) >= 11 is 1.07. The number of hydrogen-bond donors (Lipinski definition) is 5. The lowest BCUT2D eigenvalue weighted by molar-refractivity contribution is -0.140. The number of nitrogens with one attached hydrogen (secondary N) is 2.